The second kappa shape index (κ2) is 7.24. The normalized spacial score (nSPS) is 12.4. The molecule has 6 heteroatoms. The molecule has 94 valence electrons. The van der Waals surface area contributed by atoms with E-state index in [0.717, 1.165) is 23.6 Å². The standard InChI is InChI=1S/C11H18N4OS/c1-17-9-6-14-11(15-7-9)3-2-8(5-12)4-10(13)16/h6-8H,2-5,12H2,1H3,(H2,13,16). The van der Waals surface area contributed by atoms with Crippen molar-refractivity contribution in [2.24, 2.45) is 17.4 Å². The largest absolute Gasteiger partial charge is 0.370 e. The molecule has 0 aliphatic carbocycles. The quantitative estimate of drug-likeness (QED) is 0.694. The Morgan fingerprint density at radius 1 is 1.47 bits per heavy atom. The Morgan fingerprint density at radius 2 is 2.12 bits per heavy atom. The molecule has 1 atom stereocenters. The van der Waals surface area contributed by atoms with Gasteiger partial charge in [0.15, 0.2) is 0 Å². The molecule has 5 nitrogen and oxygen atoms in total. The molecule has 0 bridgehead atoms. The highest BCUT2D eigenvalue weighted by molar-refractivity contribution is 7.98. The summed E-state index contributed by atoms with van der Waals surface area (Å²) in [4.78, 5) is 20.3. The van der Waals surface area contributed by atoms with Gasteiger partial charge in [-0.2, -0.15) is 0 Å². The number of amides is 1. The minimum atomic E-state index is -0.306. The summed E-state index contributed by atoms with van der Waals surface area (Å²) >= 11 is 1.61. The van der Waals surface area contributed by atoms with Gasteiger partial charge in [0, 0.05) is 30.1 Å². The van der Waals surface area contributed by atoms with Gasteiger partial charge in [-0.15, -0.1) is 11.8 Å². The van der Waals surface area contributed by atoms with Crippen LogP contribution in [0.4, 0.5) is 0 Å². The fraction of sp³-hybridized carbons (Fsp3) is 0.545. The number of carbonyl (C=O) groups excluding carboxylic acids is 1. The third kappa shape index (κ3) is 5.14. The van der Waals surface area contributed by atoms with Crippen molar-refractivity contribution in [3.8, 4) is 0 Å². The molecule has 1 unspecified atom stereocenters. The summed E-state index contributed by atoms with van der Waals surface area (Å²) in [7, 11) is 0. The van der Waals surface area contributed by atoms with E-state index < -0.39 is 0 Å². The third-order valence-corrected chi connectivity index (χ3v) is 3.20. The molecule has 1 heterocycles. The van der Waals surface area contributed by atoms with Gasteiger partial charge in [0.05, 0.1) is 0 Å². The van der Waals surface area contributed by atoms with Crippen LogP contribution >= 0.6 is 11.8 Å². The van der Waals surface area contributed by atoms with Crippen LogP contribution in [0.5, 0.6) is 0 Å². The van der Waals surface area contributed by atoms with Crippen molar-refractivity contribution in [1.29, 1.82) is 0 Å². The number of aromatic nitrogens is 2. The van der Waals surface area contributed by atoms with Crippen molar-refractivity contribution in [2.75, 3.05) is 12.8 Å². The summed E-state index contributed by atoms with van der Waals surface area (Å²) < 4.78 is 0. The zero-order valence-corrected chi connectivity index (χ0v) is 10.7. The van der Waals surface area contributed by atoms with Gasteiger partial charge in [-0.25, -0.2) is 9.97 Å². The molecule has 0 fully saturated rings. The molecule has 0 radical (unpaired) electrons. The van der Waals surface area contributed by atoms with Gasteiger partial charge in [-0.3, -0.25) is 4.79 Å². The van der Waals surface area contributed by atoms with Crippen LogP contribution < -0.4 is 11.5 Å². The van der Waals surface area contributed by atoms with Crippen molar-refractivity contribution in [3.63, 3.8) is 0 Å². The number of thioether (sulfide) groups is 1. The molecule has 17 heavy (non-hydrogen) atoms. The first-order chi connectivity index (χ1) is 8.15. The molecule has 1 amide bonds. The second-order valence-corrected chi connectivity index (χ2v) is 4.73. The number of nitrogens with two attached hydrogens (primary N) is 2. The maximum absolute atomic E-state index is 10.8. The highest BCUT2D eigenvalue weighted by atomic mass is 32.2. The van der Waals surface area contributed by atoms with Crippen molar-refractivity contribution in [3.05, 3.63) is 18.2 Å². The minimum absolute atomic E-state index is 0.122. The monoisotopic (exact) mass is 254 g/mol. The van der Waals surface area contributed by atoms with Crippen LogP contribution in [0.1, 0.15) is 18.7 Å². The number of aryl methyl sites for hydroxylation is 1. The fourth-order valence-electron chi connectivity index (χ4n) is 1.50. The molecule has 4 N–H and O–H groups in total. The number of rotatable bonds is 7. The van der Waals surface area contributed by atoms with Crippen LogP contribution in [0, 0.1) is 5.92 Å². The summed E-state index contributed by atoms with van der Waals surface area (Å²) in [6.07, 6.45) is 7.44. The molecule has 0 saturated carbocycles. The number of hydrogen-bond donors (Lipinski definition) is 2. The average Bonchev–Trinajstić information content (AvgIpc) is 2.34. The smallest absolute Gasteiger partial charge is 0.217 e. The van der Waals surface area contributed by atoms with E-state index in [4.69, 9.17) is 11.5 Å². The van der Waals surface area contributed by atoms with Crippen LogP contribution in [0.15, 0.2) is 17.3 Å². The predicted octanol–water partition coefficient (Wildman–Crippen LogP) is 0.581. The van der Waals surface area contributed by atoms with E-state index in [1.807, 2.05) is 6.26 Å². The van der Waals surface area contributed by atoms with Crippen LogP contribution in [0.2, 0.25) is 0 Å². The number of nitrogens with zero attached hydrogens (tertiary/aromatic N) is 2. The maximum Gasteiger partial charge on any atom is 0.217 e. The average molecular weight is 254 g/mol. The lowest BCUT2D eigenvalue weighted by molar-refractivity contribution is -0.118. The molecule has 0 aromatic carbocycles. The van der Waals surface area contributed by atoms with Crippen molar-refractivity contribution >= 4 is 17.7 Å². The van der Waals surface area contributed by atoms with Crippen LogP contribution in [0.25, 0.3) is 0 Å². The Bertz CT molecular complexity index is 355. The number of hydrogen-bond acceptors (Lipinski definition) is 5. The predicted molar refractivity (Wildman–Crippen MR) is 68.5 cm³/mol. The van der Waals surface area contributed by atoms with E-state index in [0.29, 0.717) is 13.0 Å². The van der Waals surface area contributed by atoms with Crippen LogP contribution in [-0.4, -0.2) is 28.7 Å². The van der Waals surface area contributed by atoms with Crippen molar-refractivity contribution < 1.29 is 4.79 Å². The molecule has 0 spiro atoms. The Hall–Kier alpha value is -1.14. The molecular weight excluding hydrogens is 236 g/mol. The summed E-state index contributed by atoms with van der Waals surface area (Å²) in [5.74, 6) is 0.598. The van der Waals surface area contributed by atoms with Gasteiger partial charge in [0.2, 0.25) is 5.91 Å². The second-order valence-electron chi connectivity index (χ2n) is 3.85. The van der Waals surface area contributed by atoms with E-state index in [-0.39, 0.29) is 11.8 Å². The van der Waals surface area contributed by atoms with Gasteiger partial charge in [-0.05, 0) is 25.1 Å². The lowest BCUT2D eigenvalue weighted by Gasteiger charge is -2.11. The summed E-state index contributed by atoms with van der Waals surface area (Å²) in [5, 5.41) is 0. The molecule has 1 aromatic rings. The van der Waals surface area contributed by atoms with E-state index in [1.54, 1.807) is 24.2 Å². The lowest BCUT2D eigenvalue weighted by atomic mass is 9.99. The summed E-state index contributed by atoms with van der Waals surface area (Å²) in [6, 6.07) is 0. The Morgan fingerprint density at radius 3 is 2.59 bits per heavy atom. The highest BCUT2D eigenvalue weighted by Gasteiger charge is 2.11. The minimum Gasteiger partial charge on any atom is -0.370 e. The van der Waals surface area contributed by atoms with Gasteiger partial charge in [0.1, 0.15) is 5.82 Å². The first kappa shape index (κ1) is 13.9. The first-order valence-electron chi connectivity index (χ1n) is 5.49. The zero-order chi connectivity index (χ0) is 12.7. The topological polar surface area (TPSA) is 94.9 Å². The molecule has 1 rings (SSSR count). The molecule has 1 aromatic heterocycles. The maximum atomic E-state index is 10.8. The first-order valence-corrected chi connectivity index (χ1v) is 6.71. The molecule has 0 aliphatic rings. The fourth-order valence-corrected chi connectivity index (χ4v) is 1.81. The summed E-state index contributed by atoms with van der Waals surface area (Å²) in [6.45, 7) is 0.464. The zero-order valence-electron chi connectivity index (χ0n) is 9.93. The van der Waals surface area contributed by atoms with E-state index in [2.05, 4.69) is 9.97 Å². The molecule has 0 aliphatic heterocycles. The number of carbonyl (C=O) groups is 1. The van der Waals surface area contributed by atoms with E-state index >= 15 is 0 Å². The van der Waals surface area contributed by atoms with Crippen molar-refractivity contribution in [2.45, 2.75) is 24.2 Å². The van der Waals surface area contributed by atoms with Gasteiger partial charge < -0.3 is 11.5 Å². The van der Waals surface area contributed by atoms with Gasteiger partial charge in [0.25, 0.3) is 0 Å². The number of primary amides is 1. The van der Waals surface area contributed by atoms with Crippen LogP contribution in [-0.2, 0) is 11.2 Å². The van der Waals surface area contributed by atoms with Gasteiger partial charge >= 0.3 is 0 Å². The van der Waals surface area contributed by atoms with Crippen LogP contribution in [0.3, 0.4) is 0 Å². The van der Waals surface area contributed by atoms with E-state index in [9.17, 15) is 4.79 Å². The van der Waals surface area contributed by atoms with Crippen molar-refractivity contribution in [1.82, 2.24) is 9.97 Å². The Labute approximate surface area is 105 Å². The lowest BCUT2D eigenvalue weighted by Crippen LogP contribution is -2.23. The molecule has 0 saturated heterocycles. The summed E-state index contributed by atoms with van der Waals surface area (Å²) in [5.41, 5.74) is 10.7. The highest BCUT2D eigenvalue weighted by Crippen LogP contribution is 2.13. The van der Waals surface area contributed by atoms with Gasteiger partial charge in [-0.1, -0.05) is 0 Å². The Kier molecular flexibility index (Phi) is 5.93. The van der Waals surface area contributed by atoms with E-state index in [1.165, 1.54) is 0 Å². The molecular formula is C11H18N4OS. The SMILES string of the molecule is CSc1cnc(CCC(CN)CC(N)=O)nc1. The third-order valence-electron chi connectivity index (χ3n) is 2.52. The Balaban J connectivity index is 2.44.